The number of aromatic nitrogens is 1. The van der Waals surface area contributed by atoms with Crippen LogP contribution in [0.15, 0.2) is 23.1 Å². The Balaban J connectivity index is 0.00000112. The summed E-state index contributed by atoms with van der Waals surface area (Å²) in [6, 6.07) is 5.62. The van der Waals surface area contributed by atoms with Gasteiger partial charge >= 0.3 is 29.6 Å². The van der Waals surface area contributed by atoms with Crippen LogP contribution in [0.4, 0.5) is 0 Å². The number of thiazole rings is 1. The van der Waals surface area contributed by atoms with Gasteiger partial charge in [0.25, 0.3) is 0 Å². The number of fused-ring (bicyclic) bond motifs is 1. The molecule has 2 rings (SSSR count). The van der Waals surface area contributed by atoms with Gasteiger partial charge < -0.3 is 5.26 Å². The quantitative estimate of drug-likeness (QED) is 0.298. The maximum absolute atomic E-state index is 9.62. The van der Waals surface area contributed by atoms with Crippen LogP contribution in [0.25, 0.3) is 10.2 Å². The average Bonchev–Trinajstić information content (AvgIpc) is 2.54. The number of nitrogens with zero attached hydrogens (tertiary/aromatic N) is 1. The van der Waals surface area contributed by atoms with E-state index in [1.165, 1.54) is 0 Å². The van der Waals surface area contributed by atoms with E-state index in [1.807, 2.05) is 25.1 Å². The largest absolute Gasteiger partial charge is 1.00 e. The van der Waals surface area contributed by atoms with E-state index in [1.54, 1.807) is 11.3 Å². The van der Waals surface area contributed by atoms with Gasteiger partial charge in [0.05, 0.1) is 27.3 Å². The number of rotatable bonds is 3. The first-order valence-electron chi connectivity index (χ1n) is 3.80. The van der Waals surface area contributed by atoms with Crippen LogP contribution in [0.3, 0.4) is 0 Å². The van der Waals surface area contributed by atoms with E-state index < -0.39 is 0 Å². The molecule has 0 unspecified atom stereocenters. The Kier molecular flexibility index (Phi) is 5.51. The summed E-state index contributed by atoms with van der Waals surface area (Å²) in [5.74, 6) is 0. The van der Waals surface area contributed by atoms with Gasteiger partial charge in [0, 0.05) is 4.90 Å². The zero-order chi connectivity index (χ0) is 9.97. The van der Waals surface area contributed by atoms with Crippen molar-refractivity contribution in [2.45, 2.75) is 11.8 Å². The third kappa shape index (κ3) is 3.40. The zero-order valence-electron chi connectivity index (χ0n) is 8.22. The average molecular weight is 251 g/mol. The normalized spacial score (nSPS) is 10.3. The van der Waals surface area contributed by atoms with E-state index in [9.17, 15) is 5.26 Å². The molecule has 0 spiro atoms. The first-order valence-corrected chi connectivity index (χ1v) is 5.36. The molecular weight excluding hydrogens is 245 g/mol. The second kappa shape index (κ2) is 6.17. The molecule has 0 aliphatic rings. The molecule has 4 nitrogen and oxygen atoms in total. The molecule has 0 bridgehead atoms. The van der Waals surface area contributed by atoms with Crippen LogP contribution in [-0.2, 0) is 9.37 Å². The van der Waals surface area contributed by atoms with E-state index in [0.717, 1.165) is 32.2 Å². The van der Waals surface area contributed by atoms with Crippen molar-refractivity contribution in [3.05, 3.63) is 23.2 Å². The number of hydrogen-bond donors (Lipinski definition) is 0. The van der Waals surface area contributed by atoms with Crippen LogP contribution in [0.1, 0.15) is 5.01 Å². The Morgan fingerprint density at radius 3 is 3.00 bits per heavy atom. The Bertz CT molecular complexity index is 448. The molecule has 0 N–H and O–H groups in total. The topological polar surface area (TPSA) is 54.4 Å². The van der Waals surface area contributed by atoms with Crippen LogP contribution >= 0.6 is 23.4 Å². The summed E-state index contributed by atoms with van der Waals surface area (Å²) in [4.78, 5) is 5.13. The van der Waals surface area contributed by atoms with Crippen LogP contribution in [-0.4, -0.2) is 4.98 Å². The van der Waals surface area contributed by atoms with Gasteiger partial charge in [0.15, 0.2) is 0 Å². The molecule has 0 saturated heterocycles. The van der Waals surface area contributed by atoms with Gasteiger partial charge in [0.2, 0.25) is 0 Å². The Labute approximate surface area is 117 Å². The molecule has 0 aliphatic carbocycles. The van der Waals surface area contributed by atoms with E-state index in [2.05, 4.69) is 14.4 Å². The van der Waals surface area contributed by atoms with Crippen LogP contribution < -0.4 is 34.8 Å². The first kappa shape index (κ1) is 13.4. The van der Waals surface area contributed by atoms with Crippen LogP contribution in [0.2, 0.25) is 0 Å². The summed E-state index contributed by atoms with van der Waals surface area (Å²) in [6.45, 7) is 1.95. The molecule has 0 fully saturated rings. The number of hydrogen-bond acceptors (Lipinski definition) is 6. The zero-order valence-corrected chi connectivity index (χ0v) is 11.9. The molecule has 7 heteroatoms. The molecule has 74 valence electrons. The van der Waals surface area contributed by atoms with Gasteiger partial charge in [-0.2, -0.15) is 4.33 Å². The van der Waals surface area contributed by atoms with Gasteiger partial charge in [-0.15, -0.1) is 11.3 Å². The molecule has 0 aliphatic heterocycles. The molecule has 1 heterocycles. The SMILES string of the molecule is Cc1nc2ccc(SOO[O-])cc2s1.[Na+]. The Morgan fingerprint density at radius 1 is 1.47 bits per heavy atom. The fourth-order valence-electron chi connectivity index (χ4n) is 1.13. The van der Waals surface area contributed by atoms with Crippen molar-refractivity contribution in [3.8, 4) is 0 Å². The summed E-state index contributed by atoms with van der Waals surface area (Å²) in [5.41, 5.74) is 0.958. The minimum absolute atomic E-state index is 0. The van der Waals surface area contributed by atoms with Crippen molar-refractivity contribution < 1.29 is 44.2 Å². The number of benzene rings is 1. The molecule has 0 saturated carbocycles. The predicted molar refractivity (Wildman–Crippen MR) is 52.4 cm³/mol. The van der Waals surface area contributed by atoms with E-state index >= 15 is 0 Å². The molecule has 0 radical (unpaired) electrons. The maximum atomic E-state index is 9.62. The van der Waals surface area contributed by atoms with Crippen molar-refractivity contribution in [1.29, 1.82) is 0 Å². The fourth-order valence-corrected chi connectivity index (χ4v) is 2.46. The molecule has 1 aromatic heterocycles. The standard InChI is InChI=1S/C8H7NO3S2.Na/c1-5-9-7-3-2-6(14-12-11-10)4-8(7)13-5;/h2-4,10H,1H3;/q;+1/p-1. The van der Waals surface area contributed by atoms with Gasteiger partial charge in [-0.1, -0.05) is 0 Å². The fraction of sp³-hybridized carbons (Fsp3) is 0.125. The summed E-state index contributed by atoms with van der Waals surface area (Å²) >= 11 is 2.49. The molecule has 0 atom stereocenters. The Morgan fingerprint density at radius 2 is 2.27 bits per heavy atom. The van der Waals surface area contributed by atoms with Gasteiger partial charge in [-0.25, -0.2) is 4.98 Å². The van der Waals surface area contributed by atoms with Crippen LogP contribution in [0, 0.1) is 6.92 Å². The van der Waals surface area contributed by atoms with Gasteiger partial charge in [-0.05, 0) is 25.1 Å². The predicted octanol–water partition coefficient (Wildman–Crippen LogP) is -1.16. The molecular formula is C8H6NNaO3S2. The van der Waals surface area contributed by atoms with Crippen molar-refractivity contribution in [1.82, 2.24) is 4.98 Å². The van der Waals surface area contributed by atoms with E-state index in [-0.39, 0.29) is 29.6 Å². The monoisotopic (exact) mass is 251 g/mol. The molecule has 1 aromatic carbocycles. The van der Waals surface area contributed by atoms with Crippen molar-refractivity contribution in [2.24, 2.45) is 0 Å². The molecule has 15 heavy (non-hydrogen) atoms. The second-order valence-corrected chi connectivity index (χ2v) is 4.59. The third-order valence-electron chi connectivity index (χ3n) is 1.62. The summed E-state index contributed by atoms with van der Waals surface area (Å²) in [5, 5.41) is 13.9. The number of aryl methyl sites for hydroxylation is 1. The minimum Gasteiger partial charge on any atom is -0.691 e. The molecule has 0 amide bonds. The third-order valence-corrected chi connectivity index (χ3v) is 3.13. The van der Waals surface area contributed by atoms with Crippen LogP contribution in [0.5, 0.6) is 0 Å². The summed E-state index contributed by atoms with van der Waals surface area (Å²) < 4.78 is 5.29. The maximum Gasteiger partial charge on any atom is 1.00 e. The summed E-state index contributed by atoms with van der Waals surface area (Å²) in [6.07, 6.45) is 0. The first-order chi connectivity index (χ1) is 6.79. The van der Waals surface area contributed by atoms with Gasteiger partial charge in [0.1, 0.15) is 0 Å². The minimum atomic E-state index is 0. The van der Waals surface area contributed by atoms with E-state index in [0.29, 0.717) is 0 Å². The Hall–Kier alpha value is 0.340. The molecule has 2 aromatic rings. The van der Waals surface area contributed by atoms with Gasteiger partial charge in [-0.3, -0.25) is 5.04 Å². The second-order valence-electron chi connectivity index (χ2n) is 2.58. The van der Waals surface area contributed by atoms with E-state index in [4.69, 9.17) is 0 Å². The summed E-state index contributed by atoms with van der Waals surface area (Å²) in [7, 11) is 0. The van der Waals surface area contributed by atoms with Crippen molar-refractivity contribution >= 4 is 33.6 Å². The van der Waals surface area contributed by atoms with Crippen molar-refractivity contribution in [2.75, 3.05) is 0 Å². The smallest absolute Gasteiger partial charge is 0.691 e. The van der Waals surface area contributed by atoms with Crippen molar-refractivity contribution in [3.63, 3.8) is 0 Å².